The molecule has 0 unspecified atom stereocenters. The van der Waals surface area contributed by atoms with E-state index in [0.29, 0.717) is 6.04 Å². The van der Waals surface area contributed by atoms with Crippen molar-refractivity contribution in [2.45, 2.75) is 76.8 Å². The predicted molar refractivity (Wildman–Crippen MR) is 117 cm³/mol. The van der Waals surface area contributed by atoms with E-state index in [1.807, 2.05) is 0 Å². The zero-order chi connectivity index (χ0) is 19.7. The smallest absolute Gasteiger partial charge is 0.191 e. The number of unbranched alkanes of at least 4 members (excludes halogenated alkanes) is 1. The minimum absolute atomic E-state index is 0.209. The molecule has 3 aliphatic rings. The first kappa shape index (κ1) is 21.8. The fourth-order valence-corrected chi connectivity index (χ4v) is 4.94. The number of guanidine groups is 1. The van der Waals surface area contributed by atoms with Crippen molar-refractivity contribution in [1.82, 2.24) is 20.4 Å². The fourth-order valence-electron chi connectivity index (χ4n) is 4.94. The molecule has 3 rings (SSSR count). The Labute approximate surface area is 172 Å². The van der Waals surface area contributed by atoms with Gasteiger partial charge in [0.15, 0.2) is 5.96 Å². The van der Waals surface area contributed by atoms with Gasteiger partial charge in [-0.25, -0.2) is 0 Å². The molecule has 2 N–H and O–H groups in total. The first-order valence-electron chi connectivity index (χ1n) is 11.9. The molecule has 3 saturated heterocycles. The lowest BCUT2D eigenvalue weighted by Gasteiger charge is -2.43. The number of nitrogens with zero attached hydrogens (tertiary/aromatic N) is 3. The Bertz CT molecular complexity index is 464. The summed E-state index contributed by atoms with van der Waals surface area (Å²) < 4.78 is 5.69. The molecule has 3 fully saturated rings. The lowest BCUT2D eigenvalue weighted by Crippen LogP contribution is -2.54. The second-order valence-corrected chi connectivity index (χ2v) is 8.84. The lowest BCUT2D eigenvalue weighted by molar-refractivity contribution is -0.0139. The Balaban J connectivity index is 1.55. The third kappa shape index (κ3) is 6.07. The van der Waals surface area contributed by atoms with Crippen molar-refractivity contribution in [3.63, 3.8) is 0 Å². The maximum absolute atomic E-state index is 5.69. The van der Waals surface area contributed by atoms with Crippen LogP contribution in [0.3, 0.4) is 0 Å². The average Bonchev–Trinajstić information content (AvgIpc) is 3.28. The van der Waals surface area contributed by atoms with Crippen LogP contribution in [0.5, 0.6) is 0 Å². The SMILES string of the molecule is CCCCN1CCC(NC(=NCC2(N3CCCC3)CCOCC2)NCC)CC1. The number of nitrogens with one attached hydrogen (secondary N) is 2. The molecule has 0 spiro atoms. The van der Waals surface area contributed by atoms with E-state index >= 15 is 0 Å². The van der Waals surface area contributed by atoms with Gasteiger partial charge in [-0.05, 0) is 71.5 Å². The third-order valence-electron chi connectivity index (χ3n) is 6.83. The highest BCUT2D eigenvalue weighted by atomic mass is 16.5. The van der Waals surface area contributed by atoms with Crippen LogP contribution in [0, 0.1) is 0 Å². The molecule has 28 heavy (non-hydrogen) atoms. The van der Waals surface area contributed by atoms with Gasteiger partial charge in [0.25, 0.3) is 0 Å². The van der Waals surface area contributed by atoms with Crippen LogP contribution in [0.15, 0.2) is 4.99 Å². The van der Waals surface area contributed by atoms with Gasteiger partial charge >= 0.3 is 0 Å². The number of hydrogen-bond acceptors (Lipinski definition) is 4. The van der Waals surface area contributed by atoms with Gasteiger partial charge in [-0.2, -0.15) is 0 Å². The summed E-state index contributed by atoms with van der Waals surface area (Å²) in [5, 5.41) is 7.24. The van der Waals surface area contributed by atoms with Gasteiger partial charge < -0.3 is 20.3 Å². The van der Waals surface area contributed by atoms with Crippen molar-refractivity contribution in [3.05, 3.63) is 0 Å². The molecule has 3 aliphatic heterocycles. The molecule has 162 valence electrons. The van der Waals surface area contributed by atoms with Crippen LogP contribution in [0.1, 0.15) is 65.2 Å². The van der Waals surface area contributed by atoms with E-state index in [9.17, 15) is 0 Å². The van der Waals surface area contributed by atoms with Crippen LogP contribution >= 0.6 is 0 Å². The highest BCUT2D eigenvalue weighted by molar-refractivity contribution is 5.80. The van der Waals surface area contributed by atoms with E-state index in [1.165, 1.54) is 71.2 Å². The van der Waals surface area contributed by atoms with Gasteiger partial charge in [0.1, 0.15) is 0 Å². The summed E-state index contributed by atoms with van der Waals surface area (Å²) in [6.07, 6.45) is 9.96. The quantitative estimate of drug-likeness (QED) is 0.490. The van der Waals surface area contributed by atoms with Crippen LogP contribution in [-0.2, 0) is 4.74 Å². The van der Waals surface area contributed by atoms with Gasteiger partial charge in [0.05, 0.1) is 6.54 Å². The number of likely N-dealkylation sites (tertiary alicyclic amines) is 2. The van der Waals surface area contributed by atoms with Crippen molar-refractivity contribution in [2.24, 2.45) is 4.99 Å². The maximum atomic E-state index is 5.69. The summed E-state index contributed by atoms with van der Waals surface area (Å²) in [6, 6.07) is 0.549. The Kier molecular flexibility index (Phi) is 8.87. The highest BCUT2D eigenvalue weighted by Crippen LogP contribution is 2.31. The van der Waals surface area contributed by atoms with Gasteiger partial charge in [-0.3, -0.25) is 9.89 Å². The minimum atomic E-state index is 0.209. The van der Waals surface area contributed by atoms with Crippen molar-refractivity contribution in [2.75, 3.05) is 59.0 Å². The second-order valence-electron chi connectivity index (χ2n) is 8.84. The lowest BCUT2D eigenvalue weighted by atomic mass is 9.88. The number of ether oxygens (including phenoxy) is 1. The summed E-state index contributed by atoms with van der Waals surface area (Å²) >= 11 is 0. The Hall–Kier alpha value is -0.850. The molecule has 0 aromatic carbocycles. The molecule has 0 amide bonds. The molecular weight excluding hydrogens is 350 g/mol. The topological polar surface area (TPSA) is 52.1 Å². The standard InChI is InChI=1S/C22H43N5O/c1-3-5-12-26-15-8-20(9-16-26)25-21(23-4-2)24-19-22(10-17-28-18-11-22)27-13-6-7-14-27/h20H,3-19H2,1-2H3,(H2,23,24,25). The van der Waals surface area contributed by atoms with Gasteiger partial charge in [0, 0.05) is 44.4 Å². The number of aliphatic imine (C=N–C) groups is 1. The highest BCUT2D eigenvalue weighted by Gasteiger charge is 2.39. The predicted octanol–water partition coefficient (Wildman–Crippen LogP) is 2.45. The fraction of sp³-hybridized carbons (Fsp3) is 0.955. The number of rotatable bonds is 8. The van der Waals surface area contributed by atoms with Gasteiger partial charge in [-0.1, -0.05) is 13.3 Å². The van der Waals surface area contributed by atoms with Crippen LogP contribution in [-0.4, -0.2) is 86.4 Å². The largest absolute Gasteiger partial charge is 0.381 e. The Morgan fingerprint density at radius 1 is 1.07 bits per heavy atom. The van der Waals surface area contributed by atoms with Crippen LogP contribution < -0.4 is 10.6 Å². The molecular formula is C22H43N5O. The summed E-state index contributed by atoms with van der Waals surface area (Å²) in [7, 11) is 0. The summed E-state index contributed by atoms with van der Waals surface area (Å²) in [5.41, 5.74) is 0.209. The summed E-state index contributed by atoms with van der Waals surface area (Å²) in [5.74, 6) is 1.01. The molecule has 0 saturated carbocycles. The zero-order valence-corrected chi connectivity index (χ0v) is 18.3. The Morgan fingerprint density at radius 3 is 2.43 bits per heavy atom. The van der Waals surface area contributed by atoms with Gasteiger partial charge in [0.2, 0.25) is 0 Å². The van der Waals surface area contributed by atoms with E-state index in [2.05, 4.69) is 34.3 Å². The molecule has 0 bridgehead atoms. The van der Waals surface area contributed by atoms with Crippen molar-refractivity contribution >= 4 is 5.96 Å². The third-order valence-corrected chi connectivity index (χ3v) is 6.83. The monoisotopic (exact) mass is 393 g/mol. The molecule has 0 aromatic rings. The van der Waals surface area contributed by atoms with E-state index in [-0.39, 0.29) is 5.54 Å². The van der Waals surface area contributed by atoms with Crippen molar-refractivity contribution in [3.8, 4) is 0 Å². The van der Waals surface area contributed by atoms with Crippen LogP contribution in [0.2, 0.25) is 0 Å². The molecule has 3 heterocycles. The van der Waals surface area contributed by atoms with Crippen LogP contribution in [0.4, 0.5) is 0 Å². The molecule has 0 atom stereocenters. The first-order valence-corrected chi connectivity index (χ1v) is 11.9. The molecule has 0 aromatic heterocycles. The maximum Gasteiger partial charge on any atom is 0.191 e. The van der Waals surface area contributed by atoms with E-state index in [1.54, 1.807) is 0 Å². The molecule has 0 aliphatic carbocycles. The van der Waals surface area contributed by atoms with Gasteiger partial charge in [-0.15, -0.1) is 0 Å². The first-order chi connectivity index (χ1) is 13.8. The van der Waals surface area contributed by atoms with E-state index < -0.39 is 0 Å². The second kappa shape index (κ2) is 11.4. The normalized spacial score (nSPS) is 25.1. The molecule has 6 nitrogen and oxygen atoms in total. The van der Waals surface area contributed by atoms with Crippen LogP contribution in [0.25, 0.3) is 0 Å². The zero-order valence-electron chi connectivity index (χ0n) is 18.3. The summed E-state index contributed by atoms with van der Waals surface area (Å²) in [6.45, 7) is 14.2. The van der Waals surface area contributed by atoms with Crippen molar-refractivity contribution < 1.29 is 4.74 Å². The number of piperidine rings is 1. The summed E-state index contributed by atoms with van der Waals surface area (Å²) in [4.78, 5) is 10.4. The van der Waals surface area contributed by atoms with Crippen molar-refractivity contribution in [1.29, 1.82) is 0 Å². The minimum Gasteiger partial charge on any atom is -0.381 e. The number of hydrogen-bond donors (Lipinski definition) is 2. The molecule has 0 radical (unpaired) electrons. The molecule has 6 heteroatoms. The van der Waals surface area contributed by atoms with E-state index in [0.717, 1.165) is 45.1 Å². The van der Waals surface area contributed by atoms with E-state index in [4.69, 9.17) is 9.73 Å². The average molecular weight is 394 g/mol. The Morgan fingerprint density at radius 2 is 1.79 bits per heavy atom.